The SMILES string of the molecule is O=C1NC(=O)/C(=C\c2ccnc(Cl)n2)S1. The Morgan fingerprint density at radius 2 is 2.27 bits per heavy atom. The van der Waals surface area contributed by atoms with Gasteiger partial charge in [-0.05, 0) is 35.5 Å². The van der Waals surface area contributed by atoms with Crippen LogP contribution in [0.25, 0.3) is 6.08 Å². The van der Waals surface area contributed by atoms with E-state index in [4.69, 9.17) is 11.6 Å². The van der Waals surface area contributed by atoms with Crippen LogP contribution in [0.3, 0.4) is 0 Å². The number of hydrogen-bond acceptors (Lipinski definition) is 5. The fourth-order valence-electron chi connectivity index (χ4n) is 0.984. The fourth-order valence-corrected chi connectivity index (χ4v) is 1.80. The second-order valence-corrected chi connectivity index (χ2v) is 3.96. The number of carbonyl (C=O) groups excluding carboxylic acids is 2. The zero-order valence-electron chi connectivity index (χ0n) is 7.23. The Hall–Kier alpha value is -1.40. The van der Waals surface area contributed by atoms with Gasteiger partial charge in [0.15, 0.2) is 0 Å². The number of thioether (sulfide) groups is 1. The van der Waals surface area contributed by atoms with Crippen molar-refractivity contribution in [2.75, 3.05) is 0 Å². The molecule has 5 nitrogen and oxygen atoms in total. The van der Waals surface area contributed by atoms with Crippen LogP contribution in [-0.4, -0.2) is 21.1 Å². The van der Waals surface area contributed by atoms with Crippen molar-refractivity contribution in [3.05, 3.63) is 28.1 Å². The molecule has 0 bridgehead atoms. The molecule has 1 N–H and O–H groups in total. The summed E-state index contributed by atoms with van der Waals surface area (Å²) in [5.41, 5.74) is 0.488. The van der Waals surface area contributed by atoms with E-state index in [1.165, 1.54) is 12.3 Å². The molecule has 0 aromatic carbocycles. The highest BCUT2D eigenvalue weighted by atomic mass is 35.5. The number of amides is 2. The monoisotopic (exact) mass is 241 g/mol. The van der Waals surface area contributed by atoms with E-state index in [1.807, 2.05) is 0 Å². The summed E-state index contributed by atoms with van der Waals surface area (Å²) in [5.74, 6) is -0.417. The van der Waals surface area contributed by atoms with Crippen molar-refractivity contribution in [2.24, 2.45) is 0 Å². The second kappa shape index (κ2) is 4.00. The molecule has 0 atom stereocenters. The number of carbonyl (C=O) groups is 2. The first-order valence-electron chi connectivity index (χ1n) is 3.88. The van der Waals surface area contributed by atoms with Crippen LogP contribution < -0.4 is 5.32 Å². The molecule has 0 unspecified atom stereocenters. The maximum atomic E-state index is 11.2. The number of imide groups is 1. The summed E-state index contributed by atoms with van der Waals surface area (Å²) >= 11 is 6.40. The predicted molar refractivity (Wildman–Crippen MR) is 56.1 cm³/mol. The van der Waals surface area contributed by atoms with Crippen LogP contribution in [0.4, 0.5) is 4.79 Å². The van der Waals surface area contributed by atoms with Crippen LogP contribution in [0.5, 0.6) is 0 Å². The average molecular weight is 242 g/mol. The minimum Gasteiger partial charge on any atom is -0.282 e. The first-order valence-corrected chi connectivity index (χ1v) is 5.08. The van der Waals surface area contributed by atoms with Crippen molar-refractivity contribution in [1.29, 1.82) is 0 Å². The van der Waals surface area contributed by atoms with Crippen molar-refractivity contribution in [1.82, 2.24) is 15.3 Å². The first kappa shape index (κ1) is 10.1. The molecule has 76 valence electrons. The Bertz CT molecular complexity index is 475. The summed E-state index contributed by atoms with van der Waals surface area (Å²) < 4.78 is 0. The van der Waals surface area contributed by atoms with E-state index in [-0.39, 0.29) is 10.5 Å². The molecule has 2 rings (SSSR count). The standard InChI is InChI=1S/C8H4ClN3O2S/c9-7-10-2-1-4(11-7)3-5-6(13)12-8(14)15-5/h1-3H,(H,12,13,14)/b5-3+. The molecule has 1 aromatic heterocycles. The van der Waals surface area contributed by atoms with E-state index in [0.29, 0.717) is 10.6 Å². The molecule has 1 aromatic rings. The lowest BCUT2D eigenvalue weighted by Crippen LogP contribution is -2.17. The molecule has 1 fully saturated rings. The molecular weight excluding hydrogens is 238 g/mol. The maximum Gasteiger partial charge on any atom is 0.290 e. The van der Waals surface area contributed by atoms with Crippen LogP contribution in [0.15, 0.2) is 17.2 Å². The Morgan fingerprint density at radius 1 is 1.47 bits per heavy atom. The third-order valence-electron chi connectivity index (χ3n) is 1.57. The lowest BCUT2D eigenvalue weighted by Gasteiger charge is -1.93. The molecule has 1 aliphatic heterocycles. The highest BCUT2D eigenvalue weighted by Crippen LogP contribution is 2.24. The normalized spacial score (nSPS) is 18.3. The van der Waals surface area contributed by atoms with E-state index in [1.54, 1.807) is 6.07 Å². The van der Waals surface area contributed by atoms with Crippen molar-refractivity contribution >= 4 is 40.6 Å². The zero-order chi connectivity index (χ0) is 10.8. The van der Waals surface area contributed by atoms with E-state index in [2.05, 4.69) is 15.3 Å². The fraction of sp³-hybridized carbons (Fsp3) is 0. The van der Waals surface area contributed by atoms with Gasteiger partial charge in [-0.15, -0.1) is 0 Å². The van der Waals surface area contributed by atoms with Crippen LogP contribution in [0.2, 0.25) is 5.28 Å². The van der Waals surface area contributed by atoms with Gasteiger partial charge in [-0.2, -0.15) is 0 Å². The van der Waals surface area contributed by atoms with Gasteiger partial charge in [0.2, 0.25) is 5.28 Å². The van der Waals surface area contributed by atoms with Crippen molar-refractivity contribution in [2.45, 2.75) is 0 Å². The molecule has 0 spiro atoms. The number of nitrogens with one attached hydrogen (secondary N) is 1. The zero-order valence-corrected chi connectivity index (χ0v) is 8.80. The third kappa shape index (κ3) is 2.34. The molecule has 1 saturated heterocycles. The molecular formula is C8H4ClN3O2S. The van der Waals surface area contributed by atoms with Gasteiger partial charge >= 0.3 is 0 Å². The van der Waals surface area contributed by atoms with Gasteiger partial charge in [-0.25, -0.2) is 9.97 Å². The molecule has 1 aliphatic rings. The van der Waals surface area contributed by atoms with Gasteiger partial charge in [0.05, 0.1) is 10.6 Å². The number of nitrogens with zero attached hydrogens (tertiary/aromatic N) is 2. The smallest absolute Gasteiger partial charge is 0.282 e. The Balaban J connectivity index is 2.31. The topological polar surface area (TPSA) is 72.0 Å². The van der Waals surface area contributed by atoms with Gasteiger partial charge in [0.25, 0.3) is 11.1 Å². The molecule has 0 aliphatic carbocycles. The number of halogens is 1. The quantitative estimate of drug-likeness (QED) is 0.595. The molecule has 0 saturated carbocycles. The highest BCUT2D eigenvalue weighted by molar-refractivity contribution is 8.18. The minimum atomic E-state index is -0.417. The first-order chi connectivity index (χ1) is 7.15. The molecule has 7 heteroatoms. The Kier molecular flexibility index (Phi) is 2.70. The highest BCUT2D eigenvalue weighted by Gasteiger charge is 2.25. The summed E-state index contributed by atoms with van der Waals surface area (Å²) in [7, 11) is 0. The Morgan fingerprint density at radius 3 is 2.87 bits per heavy atom. The van der Waals surface area contributed by atoms with E-state index in [0.717, 1.165) is 11.8 Å². The summed E-state index contributed by atoms with van der Waals surface area (Å²) in [6, 6.07) is 1.59. The van der Waals surface area contributed by atoms with Gasteiger partial charge < -0.3 is 0 Å². The molecule has 0 radical (unpaired) electrons. The average Bonchev–Trinajstić information content (AvgIpc) is 2.45. The Labute approximate surface area is 93.9 Å². The van der Waals surface area contributed by atoms with Crippen LogP contribution >= 0.6 is 23.4 Å². The predicted octanol–water partition coefficient (Wildman–Crippen LogP) is 1.45. The summed E-state index contributed by atoms with van der Waals surface area (Å²) in [5, 5.41) is 1.86. The molecule has 15 heavy (non-hydrogen) atoms. The van der Waals surface area contributed by atoms with Crippen LogP contribution in [0, 0.1) is 0 Å². The van der Waals surface area contributed by atoms with E-state index >= 15 is 0 Å². The lowest BCUT2D eigenvalue weighted by molar-refractivity contribution is -0.115. The van der Waals surface area contributed by atoms with Gasteiger partial charge in [-0.3, -0.25) is 14.9 Å². The van der Waals surface area contributed by atoms with Gasteiger partial charge in [0.1, 0.15) is 0 Å². The largest absolute Gasteiger partial charge is 0.290 e. The number of aromatic nitrogens is 2. The third-order valence-corrected chi connectivity index (χ3v) is 2.56. The number of rotatable bonds is 1. The van der Waals surface area contributed by atoms with Crippen LogP contribution in [-0.2, 0) is 4.79 Å². The van der Waals surface area contributed by atoms with Crippen molar-refractivity contribution in [3.63, 3.8) is 0 Å². The van der Waals surface area contributed by atoms with Gasteiger partial charge in [-0.1, -0.05) is 0 Å². The van der Waals surface area contributed by atoms with Crippen molar-refractivity contribution < 1.29 is 9.59 Å². The van der Waals surface area contributed by atoms with Crippen molar-refractivity contribution in [3.8, 4) is 0 Å². The van der Waals surface area contributed by atoms with E-state index in [9.17, 15) is 9.59 Å². The summed E-state index contributed by atoms with van der Waals surface area (Å²) in [6.45, 7) is 0. The summed E-state index contributed by atoms with van der Waals surface area (Å²) in [4.78, 5) is 29.9. The van der Waals surface area contributed by atoms with E-state index < -0.39 is 5.91 Å². The lowest BCUT2D eigenvalue weighted by atomic mass is 10.3. The second-order valence-electron chi connectivity index (χ2n) is 2.60. The number of hydrogen-bond donors (Lipinski definition) is 1. The minimum absolute atomic E-state index is 0.0964. The van der Waals surface area contributed by atoms with Gasteiger partial charge in [0, 0.05) is 6.20 Å². The molecule has 2 heterocycles. The molecule has 2 amide bonds. The summed E-state index contributed by atoms with van der Waals surface area (Å²) in [6.07, 6.45) is 2.96. The van der Waals surface area contributed by atoms with Crippen LogP contribution in [0.1, 0.15) is 5.69 Å². The maximum absolute atomic E-state index is 11.2.